The molecule has 1 aromatic heterocycles. The molecule has 0 atom stereocenters. The third-order valence-corrected chi connectivity index (χ3v) is 6.05. The van der Waals surface area contributed by atoms with E-state index in [0.29, 0.717) is 46.1 Å². The van der Waals surface area contributed by atoms with E-state index >= 15 is 0 Å². The third kappa shape index (κ3) is 6.16. The number of hydrogen-bond acceptors (Lipinski definition) is 5. The van der Waals surface area contributed by atoms with Crippen LogP contribution in [0.25, 0.3) is 0 Å². The van der Waals surface area contributed by atoms with Crippen molar-refractivity contribution in [3.05, 3.63) is 66.6 Å². The zero-order valence-electron chi connectivity index (χ0n) is 17.2. The van der Waals surface area contributed by atoms with Crippen molar-refractivity contribution in [2.75, 3.05) is 12.0 Å². The maximum Gasteiger partial charge on any atom is 0.214 e. The van der Waals surface area contributed by atoms with Gasteiger partial charge in [-0.2, -0.15) is 5.10 Å². The lowest BCUT2D eigenvalue weighted by Gasteiger charge is -2.17. The van der Waals surface area contributed by atoms with E-state index in [0.717, 1.165) is 34.3 Å². The average molecular weight is 546 g/mol. The van der Waals surface area contributed by atoms with E-state index in [1.54, 1.807) is 16.8 Å². The van der Waals surface area contributed by atoms with E-state index < -0.39 is 0 Å². The van der Waals surface area contributed by atoms with E-state index in [1.807, 2.05) is 25.1 Å². The van der Waals surface area contributed by atoms with Crippen LogP contribution in [0.3, 0.4) is 0 Å². The molecule has 0 fully saturated rings. The van der Waals surface area contributed by atoms with E-state index in [4.69, 9.17) is 44.9 Å². The van der Waals surface area contributed by atoms with Gasteiger partial charge in [0.05, 0.1) is 13.2 Å². The highest BCUT2D eigenvalue weighted by molar-refractivity contribution is 9.10. The molecule has 6 nitrogen and oxygen atoms in total. The first kappa shape index (κ1) is 23.9. The Morgan fingerprint density at radius 3 is 2.61 bits per heavy atom. The SMILES string of the molecule is CCCc1n[nH]c(=S)n1NCc1cc(OCC)c(OCc2ccc(Cl)cc2Cl)cc1Br. The van der Waals surface area contributed by atoms with Crippen LogP contribution in [0.1, 0.15) is 37.2 Å². The molecular weight excluding hydrogens is 523 g/mol. The Hall–Kier alpha value is -1.74. The highest BCUT2D eigenvalue weighted by atomic mass is 79.9. The minimum absolute atomic E-state index is 0.296. The molecule has 0 radical (unpaired) electrons. The Kier molecular flexibility index (Phi) is 8.66. The fourth-order valence-corrected chi connectivity index (χ4v) is 4.08. The van der Waals surface area contributed by atoms with Crippen molar-refractivity contribution in [2.24, 2.45) is 0 Å². The largest absolute Gasteiger partial charge is 0.490 e. The smallest absolute Gasteiger partial charge is 0.214 e. The van der Waals surface area contributed by atoms with Gasteiger partial charge in [0, 0.05) is 26.5 Å². The Morgan fingerprint density at radius 2 is 1.90 bits per heavy atom. The van der Waals surface area contributed by atoms with E-state index in [2.05, 4.69) is 38.5 Å². The number of rotatable bonds is 10. The van der Waals surface area contributed by atoms with Crippen molar-refractivity contribution < 1.29 is 9.47 Å². The van der Waals surface area contributed by atoms with Crippen LogP contribution in [-0.4, -0.2) is 21.5 Å². The van der Waals surface area contributed by atoms with Crippen molar-refractivity contribution >= 4 is 51.3 Å². The van der Waals surface area contributed by atoms with Crippen molar-refractivity contribution in [3.63, 3.8) is 0 Å². The van der Waals surface area contributed by atoms with E-state index in [9.17, 15) is 0 Å². The van der Waals surface area contributed by atoms with Crippen LogP contribution in [0.15, 0.2) is 34.8 Å². The number of nitrogens with one attached hydrogen (secondary N) is 2. The van der Waals surface area contributed by atoms with Gasteiger partial charge >= 0.3 is 0 Å². The van der Waals surface area contributed by atoms with Gasteiger partial charge in [0.2, 0.25) is 4.77 Å². The summed E-state index contributed by atoms with van der Waals surface area (Å²) in [6, 6.07) is 9.18. The zero-order chi connectivity index (χ0) is 22.4. The van der Waals surface area contributed by atoms with Crippen molar-refractivity contribution in [1.82, 2.24) is 14.9 Å². The summed E-state index contributed by atoms with van der Waals surface area (Å²) in [4.78, 5) is 0. The number of ether oxygens (including phenoxy) is 2. The maximum absolute atomic E-state index is 6.26. The second kappa shape index (κ2) is 11.2. The fourth-order valence-electron chi connectivity index (χ4n) is 2.94. The average Bonchev–Trinajstić information content (AvgIpc) is 3.07. The molecule has 0 aliphatic rings. The fraction of sp³-hybridized carbons (Fsp3) is 0.333. The van der Waals surface area contributed by atoms with Crippen molar-refractivity contribution in [1.29, 1.82) is 0 Å². The van der Waals surface area contributed by atoms with Crippen LogP contribution in [-0.2, 0) is 19.6 Å². The molecule has 3 aromatic rings. The first-order chi connectivity index (χ1) is 14.9. The lowest BCUT2D eigenvalue weighted by Crippen LogP contribution is -2.18. The third-order valence-electron chi connectivity index (χ3n) is 4.45. The molecule has 0 aliphatic carbocycles. The molecule has 0 unspecified atom stereocenters. The molecule has 3 rings (SSSR count). The molecule has 0 aliphatic heterocycles. The molecule has 0 bridgehead atoms. The predicted octanol–water partition coefficient (Wildman–Crippen LogP) is 6.68. The molecule has 0 amide bonds. The summed E-state index contributed by atoms with van der Waals surface area (Å²) in [5.41, 5.74) is 5.16. The Balaban J connectivity index is 1.78. The molecule has 2 aromatic carbocycles. The molecule has 0 saturated carbocycles. The molecule has 31 heavy (non-hydrogen) atoms. The lowest BCUT2D eigenvalue weighted by atomic mass is 10.2. The van der Waals surface area contributed by atoms with Gasteiger partial charge in [0.1, 0.15) is 6.61 Å². The lowest BCUT2D eigenvalue weighted by molar-refractivity contribution is 0.269. The summed E-state index contributed by atoms with van der Waals surface area (Å²) in [5, 5.41) is 8.25. The van der Waals surface area contributed by atoms with Crippen LogP contribution >= 0.6 is 51.3 Å². The van der Waals surface area contributed by atoms with Gasteiger partial charge in [-0.25, -0.2) is 4.68 Å². The molecule has 0 spiro atoms. The van der Waals surface area contributed by atoms with E-state index in [-0.39, 0.29) is 0 Å². The number of aromatic nitrogens is 3. The first-order valence-corrected chi connectivity index (χ1v) is 11.8. The van der Waals surface area contributed by atoms with E-state index in [1.165, 1.54) is 0 Å². The van der Waals surface area contributed by atoms with Crippen molar-refractivity contribution in [2.45, 2.75) is 39.8 Å². The number of halogens is 3. The second-order valence-corrected chi connectivity index (χ2v) is 8.80. The Labute approximate surface area is 205 Å². The van der Waals surface area contributed by atoms with Crippen LogP contribution in [0.2, 0.25) is 10.0 Å². The predicted molar refractivity (Wildman–Crippen MR) is 131 cm³/mol. The summed E-state index contributed by atoms with van der Waals surface area (Å²) >= 11 is 21.2. The van der Waals surface area contributed by atoms with Gasteiger partial charge in [0.15, 0.2) is 17.3 Å². The highest BCUT2D eigenvalue weighted by Crippen LogP contribution is 2.35. The molecule has 166 valence electrons. The van der Waals surface area contributed by atoms with Crippen LogP contribution in [0.4, 0.5) is 0 Å². The number of hydrogen-bond donors (Lipinski definition) is 2. The molecule has 0 saturated heterocycles. The standard InChI is InChI=1S/C21H23BrCl2N4O2S/c1-3-5-20-26-27-21(31)28(20)25-11-14-8-18(29-4-2)19(10-16(14)22)30-12-13-6-7-15(23)9-17(13)24/h6-10,25H,3-5,11-12H2,1-2H3,(H,27,31). The quantitative estimate of drug-likeness (QED) is 0.278. The minimum atomic E-state index is 0.296. The molecular formula is C21H23BrCl2N4O2S. The van der Waals surface area contributed by atoms with Crippen LogP contribution in [0.5, 0.6) is 11.5 Å². The number of H-pyrrole nitrogens is 1. The van der Waals surface area contributed by atoms with Gasteiger partial charge in [-0.05, 0) is 55.4 Å². The molecule has 1 heterocycles. The van der Waals surface area contributed by atoms with Crippen molar-refractivity contribution in [3.8, 4) is 11.5 Å². The summed E-state index contributed by atoms with van der Waals surface area (Å²) in [5.74, 6) is 2.14. The number of benzene rings is 2. The van der Waals surface area contributed by atoms with Gasteiger partial charge in [0.25, 0.3) is 0 Å². The van der Waals surface area contributed by atoms with Gasteiger partial charge in [-0.1, -0.05) is 52.1 Å². The molecule has 2 N–H and O–H groups in total. The number of nitrogens with zero attached hydrogens (tertiary/aromatic N) is 2. The molecule has 10 heteroatoms. The zero-order valence-corrected chi connectivity index (χ0v) is 21.1. The Bertz CT molecular complexity index is 1100. The summed E-state index contributed by atoms with van der Waals surface area (Å²) in [6.45, 7) is 5.36. The van der Waals surface area contributed by atoms with Crippen LogP contribution in [0, 0.1) is 4.77 Å². The van der Waals surface area contributed by atoms with Gasteiger partial charge in [-0.15, -0.1) is 0 Å². The maximum atomic E-state index is 6.26. The monoisotopic (exact) mass is 544 g/mol. The summed E-state index contributed by atoms with van der Waals surface area (Å²) in [6.07, 6.45) is 1.80. The number of aryl methyl sites for hydroxylation is 1. The number of aromatic amines is 1. The normalized spacial score (nSPS) is 10.9. The highest BCUT2D eigenvalue weighted by Gasteiger charge is 2.13. The van der Waals surface area contributed by atoms with Gasteiger partial charge in [-0.3, -0.25) is 5.10 Å². The van der Waals surface area contributed by atoms with Crippen LogP contribution < -0.4 is 14.9 Å². The first-order valence-electron chi connectivity index (χ1n) is 9.85. The summed E-state index contributed by atoms with van der Waals surface area (Å²) < 4.78 is 15.1. The second-order valence-electron chi connectivity index (χ2n) is 6.71. The minimum Gasteiger partial charge on any atom is -0.490 e. The Morgan fingerprint density at radius 1 is 1.13 bits per heavy atom. The van der Waals surface area contributed by atoms with Gasteiger partial charge < -0.3 is 14.9 Å². The summed E-state index contributed by atoms with van der Waals surface area (Å²) in [7, 11) is 0. The topological polar surface area (TPSA) is 64.1 Å².